The minimum Gasteiger partial charge on any atom is -0.335 e. The third kappa shape index (κ3) is 6.23. The molecule has 2 aromatic rings. The fraction of sp³-hybridized carbons (Fsp3) is 0.391. The lowest BCUT2D eigenvalue weighted by atomic mass is 10.0. The number of piperidine rings is 1. The highest BCUT2D eigenvalue weighted by molar-refractivity contribution is 6.04. The molecule has 0 radical (unpaired) electrons. The molecule has 0 atom stereocenters. The Kier molecular flexibility index (Phi) is 7.40. The molecule has 1 saturated heterocycles. The van der Waals surface area contributed by atoms with Gasteiger partial charge in [-0.05, 0) is 57.0 Å². The number of halogens is 3. The van der Waals surface area contributed by atoms with Crippen LogP contribution in [0.15, 0.2) is 48.5 Å². The Morgan fingerprint density at radius 1 is 1.00 bits per heavy atom. The molecule has 2 aromatic carbocycles. The van der Waals surface area contributed by atoms with Gasteiger partial charge >= 0.3 is 12.2 Å². The van der Waals surface area contributed by atoms with Crippen LogP contribution in [0.25, 0.3) is 0 Å². The fourth-order valence-electron chi connectivity index (χ4n) is 3.66. The second-order valence-electron chi connectivity index (χ2n) is 8.08. The first-order valence-corrected chi connectivity index (χ1v) is 10.5. The third-order valence-corrected chi connectivity index (χ3v) is 5.46. The lowest BCUT2D eigenvalue weighted by Crippen LogP contribution is -2.47. The van der Waals surface area contributed by atoms with E-state index in [-0.39, 0.29) is 17.4 Å². The molecule has 0 aliphatic carbocycles. The van der Waals surface area contributed by atoms with E-state index in [4.69, 9.17) is 0 Å². The number of nitrogens with one attached hydrogen (secondary N) is 3. The number of likely N-dealkylation sites (tertiary alicyclic amines) is 1. The van der Waals surface area contributed by atoms with E-state index in [1.807, 2.05) is 0 Å². The molecule has 1 aliphatic heterocycles. The van der Waals surface area contributed by atoms with E-state index in [9.17, 15) is 22.8 Å². The molecular weight excluding hydrogens is 421 g/mol. The Morgan fingerprint density at radius 2 is 1.66 bits per heavy atom. The van der Waals surface area contributed by atoms with Gasteiger partial charge in [-0.2, -0.15) is 13.2 Å². The molecule has 3 N–H and O–H groups in total. The van der Waals surface area contributed by atoms with Gasteiger partial charge in [0.1, 0.15) is 0 Å². The first-order valence-electron chi connectivity index (χ1n) is 10.5. The zero-order valence-electron chi connectivity index (χ0n) is 18.0. The van der Waals surface area contributed by atoms with Crippen LogP contribution in [-0.2, 0) is 6.18 Å². The second kappa shape index (κ2) is 10.0. The first-order chi connectivity index (χ1) is 15.1. The lowest BCUT2D eigenvalue weighted by Gasteiger charge is -2.34. The van der Waals surface area contributed by atoms with Gasteiger partial charge in [-0.15, -0.1) is 0 Å². The van der Waals surface area contributed by atoms with Crippen molar-refractivity contribution in [3.63, 3.8) is 0 Å². The Morgan fingerprint density at radius 3 is 2.25 bits per heavy atom. The smallest absolute Gasteiger partial charge is 0.335 e. The van der Waals surface area contributed by atoms with Crippen molar-refractivity contribution in [1.29, 1.82) is 0 Å². The van der Waals surface area contributed by atoms with Crippen molar-refractivity contribution in [2.45, 2.75) is 44.9 Å². The summed E-state index contributed by atoms with van der Waals surface area (Å²) in [6, 6.07) is 11.1. The molecule has 3 amide bonds. The van der Waals surface area contributed by atoms with E-state index in [2.05, 4.69) is 34.7 Å². The normalized spacial score (nSPS) is 15.4. The van der Waals surface area contributed by atoms with Crippen LogP contribution < -0.4 is 16.0 Å². The average molecular weight is 448 g/mol. The summed E-state index contributed by atoms with van der Waals surface area (Å²) in [5, 5.41) is 7.53. The largest absolute Gasteiger partial charge is 0.418 e. The molecule has 9 heteroatoms. The lowest BCUT2D eigenvalue weighted by molar-refractivity contribution is -0.136. The van der Waals surface area contributed by atoms with Gasteiger partial charge in [0, 0.05) is 36.4 Å². The molecule has 1 aliphatic rings. The van der Waals surface area contributed by atoms with E-state index >= 15 is 0 Å². The van der Waals surface area contributed by atoms with Crippen LogP contribution in [0.3, 0.4) is 0 Å². The quantitative estimate of drug-likeness (QED) is 0.606. The van der Waals surface area contributed by atoms with Crippen molar-refractivity contribution < 1.29 is 22.8 Å². The van der Waals surface area contributed by atoms with Gasteiger partial charge < -0.3 is 20.9 Å². The van der Waals surface area contributed by atoms with Crippen molar-refractivity contribution in [2.75, 3.05) is 23.7 Å². The number of hydrogen-bond donors (Lipinski definition) is 3. The molecular formula is C23H27F3N4O2. The van der Waals surface area contributed by atoms with Crippen LogP contribution in [0.1, 0.15) is 42.6 Å². The Hall–Kier alpha value is -3.07. The molecule has 172 valence electrons. The van der Waals surface area contributed by atoms with Crippen molar-refractivity contribution in [3.05, 3.63) is 59.7 Å². The molecule has 0 unspecified atom stereocenters. The highest BCUT2D eigenvalue weighted by Gasteiger charge is 2.34. The summed E-state index contributed by atoms with van der Waals surface area (Å²) >= 11 is 0. The number of hydrogen-bond acceptors (Lipinski definition) is 3. The molecule has 3 rings (SSSR count). The maximum absolute atomic E-state index is 13.6. The van der Waals surface area contributed by atoms with Gasteiger partial charge in [-0.3, -0.25) is 4.79 Å². The number of benzene rings is 2. The van der Waals surface area contributed by atoms with Crippen LogP contribution in [0, 0.1) is 0 Å². The Labute approximate surface area is 185 Å². The van der Waals surface area contributed by atoms with Gasteiger partial charge in [0.2, 0.25) is 0 Å². The number of alkyl halides is 3. The number of rotatable bonds is 5. The Bertz CT molecular complexity index is 940. The van der Waals surface area contributed by atoms with Crippen LogP contribution >= 0.6 is 0 Å². The molecule has 32 heavy (non-hydrogen) atoms. The van der Waals surface area contributed by atoms with Gasteiger partial charge in [0.05, 0.1) is 11.3 Å². The first kappa shape index (κ1) is 23.6. The number of urea groups is 1. The maximum atomic E-state index is 13.6. The average Bonchev–Trinajstić information content (AvgIpc) is 2.75. The number of nitrogens with zero attached hydrogens (tertiary/aromatic N) is 1. The molecule has 6 nitrogen and oxygen atoms in total. The molecule has 0 spiro atoms. The van der Waals surface area contributed by atoms with E-state index < -0.39 is 23.7 Å². The highest BCUT2D eigenvalue weighted by Crippen LogP contribution is 2.36. The maximum Gasteiger partial charge on any atom is 0.418 e. The zero-order chi connectivity index (χ0) is 23.3. The minimum absolute atomic E-state index is 0.0156. The predicted octanol–water partition coefficient (Wildman–Crippen LogP) is 4.95. The molecule has 0 saturated carbocycles. The van der Waals surface area contributed by atoms with Crippen molar-refractivity contribution in [1.82, 2.24) is 10.2 Å². The standard InChI is InChI=1S/C23H27F3N4O2/c1-15(2)30-12-10-17(11-13-30)28-22(32)29-20-9-8-18(14-19(20)23(24,25)26)27-21(31)16-6-4-3-5-7-16/h3-9,14-15,17H,10-13H2,1-2H3,(H,27,31)(H2,28,29,32). The van der Waals surface area contributed by atoms with E-state index in [1.165, 1.54) is 6.07 Å². The fourth-order valence-corrected chi connectivity index (χ4v) is 3.66. The van der Waals surface area contributed by atoms with Crippen molar-refractivity contribution in [2.24, 2.45) is 0 Å². The molecule has 1 heterocycles. The summed E-state index contributed by atoms with van der Waals surface area (Å²) in [7, 11) is 0. The van der Waals surface area contributed by atoms with Crippen LogP contribution in [0.5, 0.6) is 0 Å². The minimum atomic E-state index is -4.71. The van der Waals surface area contributed by atoms with Gasteiger partial charge in [-0.1, -0.05) is 18.2 Å². The van der Waals surface area contributed by atoms with Gasteiger partial charge in [-0.25, -0.2) is 4.79 Å². The molecule has 0 bridgehead atoms. The summed E-state index contributed by atoms with van der Waals surface area (Å²) in [6.45, 7) is 5.86. The predicted molar refractivity (Wildman–Crippen MR) is 118 cm³/mol. The number of anilines is 2. The van der Waals surface area contributed by atoms with E-state index in [0.717, 1.165) is 38.1 Å². The molecule has 0 aromatic heterocycles. The van der Waals surface area contributed by atoms with Crippen LogP contribution in [0.2, 0.25) is 0 Å². The van der Waals surface area contributed by atoms with Crippen molar-refractivity contribution in [3.8, 4) is 0 Å². The summed E-state index contributed by atoms with van der Waals surface area (Å²) in [5.74, 6) is -0.523. The number of carbonyl (C=O) groups excluding carboxylic acids is 2. The summed E-state index contributed by atoms with van der Waals surface area (Å²) in [6.07, 6.45) is -3.23. The molecule has 1 fully saturated rings. The summed E-state index contributed by atoms with van der Waals surface area (Å²) < 4.78 is 40.9. The zero-order valence-corrected chi connectivity index (χ0v) is 18.0. The Balaban J connectivity index is 1.67. The third-order valence-electron chi connectivity index (χ3n) is 5.46. The van der Waals surface area contributed by atoms with Gasteiger partial charge in [0.25, 0.3) is 5.91 Å². The van der Waals surface area contributed by atoms with Crippen LogP contribution in [0.4, 0.5) is 29.3 Å². The van der Waals surface area contributed by atoms with E-state index in [1.54, 1.807) is 30.3 Å². The van der Waals surface area contributed by atoms with Gasteiger partial charge in [0.15, 0.2) is 0 Å². The number of amides is 3. The number of carbonyl (C=O) groups is 2. The SMILES string of the molecule is CC(C)N1CCC(NC(=O)Nc2ccc(NC(=O)c3ccccc3)cc2C(F)(F)F)CC1. The van der Waals surface area contributed by atoms with Crippen molar-refractivity contribution >= 4 is 23.3 Å². The summed E-state index contributed by atoms with van der Waals surface area (Å²) in [4.78, 5) is 26.9. The highest BCUT2D eigenvalue weighted by atomic mass is 19.4. The van der Waals surface area contributed by atoms with Crippen LogP contribution in [-0.4, -0.2) is 42.0 Å². The van der Waals surface area contributed by atoms with E-state index in [0.29, 0.717) is 11.6 Å². The monoisotopic (exact) mass is 448 g/mol. The topological polar surface area (TPSA) is 73.5 Å². The second-order valence-corrected chi connectivity index (χ2v) is 8.08. The summed E-state index contributed by atoms with van der Waals surface area (Å²) in [5.41, 5.74) is -1.09.